The Morgan fingerprint density at radius 1 is 1.09 bits per heavy atom. The molecule has 4 rings (SSSR count). The summed E-state index contributed by atoms with van der Waals surface area (Å²) in [4.78, 5) is 16.4. The van der Waals surface area contributed by atoms with E-state index in [0.29, 0.717) is 11.5 Å². The van der Waals surface area contributed by atoms with Crippen molar-refractivity contribution in [1.29, 1.82) is 0 Å². The monoisotopic (exact) mass is 291 g/mol. The molecule has 0 N–H and O–H groups in total. The number of halogens is 1. The van der Waals surface area contributed by atoms with Gasteiger partial charge in [0.2, 0.25) is 0 Å². The maximum absolute atomic E-state index is 13.7. The molecular formula is C19H14FNO. The van der Waals surface area contributed by atoms with Gasteiger partial charge in [0, 0.05) is 22.4 Å². The van der Waals surface area contributed by atoms with Crippen LogP contribution in [0.5, 0.6) is 0 Å². The van der Waals surface area contributed by atoms with Gasteiger partial charge in [-0.05, 0) is 36.6 Å². The first-order valence-corrected chi connectivity index (χ1v) is 7.41. The molecule has 1 aliphatic carbocycles. The van der Waals surface area contributed by atoms with Crippen LogP contribution in [0.2, 0.25) is 0 Å². The first-order chi connectivity index (χ1) is 10.8. The Labute approximate surface area is 127 Å². The number of carbonyl (C=O) groups is 1. The average molecular weight is 291 g/mol. The normalized spacial score (nSPS) is 14.2. The maximum atomic E-state index is 13.7. The molecule has 1 heterocycles. The topological polar surface area (TPSA) is 30.0 Å². The summed E-state index contributed by atoms with van der Waals surface area (Å²) >= 11 is 0. The van der Waals surface area contributed by atoms with Crippen LogP contribution in [-0.4, -0.2) is 11.3 Å². The molecule has 108 valence electrons. The lowest BCUT2D eigenvalue weighted by Gasteiger charge is -2.13. The summed E-state index contributed by atoms with van der Waals surface area (Å²) in [5.41, 5.74) is 3.83. The summed E-state index contributed by atoms with van der Waals surface area (Å²) in [5, 5.41) is 0.889. The van der Waals surface area contributed by atoms with Crippen molar-refractivity contribution in [2.45, 2.75) is 18.8 Å². The molecule has 0 aliphatic heterocycles. The van der Waals surface area contributed by atoms with Crippen molar-refractivity contribution in [1.82, 2.24) is 4.98 Å². The van der Waals surface area contributed by atoms with Crippen molar-refractivity contribution in [2.24, 2.45) is 0 Å². The number of rotatable bonds is 3. The van der Waals surface area contributed by atoms with Crippen LogP contribution in [0.1, 0.15) is 34.8 Å². The zero-order chi connectivity index (χ0) is 15.1. The van der Waals surface area contributed by atoms with Gasteiger partial charge in [0.1, 0.15) is 5.82 Å². The van der Waals surface area contributed by atoms with E-state index in [9.17, 15) is 9.18 Å². The SMILES string of the molecule is O=Cc1c(C2CC2)nc2ccccc2c1-c1cccc(F)c1. The molecule has 0 atom stereocenters. The number of hydrogen-bond donors (Lipinski definition) is 0. The van der Waals surface area contributed by atoms with Crippen molar-refractivity contribution in [3.63, 3.8) is 0 Å². The smallest absolute Gasteiger partial charge is 0.152 e. The van der Waals surface area contributed by atoms with Crippen LogP contribution in [0, 0.1) is 5.82 Å². The van der Waals surface area contributed by atoms with Gasteiger partial charge in [0.25, 0.3) is 0 Å². The molecule has 1 saturated carbocycles. The largest absolute Gasteiger partial charge is 0.298 e. The van der Waals surface area contributed by atoms with E-state index >= 15 is 0 Å². The minimum Gasteiger partial charge on any atom is -0.298 e. The number of fused-ring (bicyclic) bond motifs is 1. The molecule has 2 aromatic carbocycles. The van der Waals surface area contributed by atoms with E-state index in [0.717, 1.165) is 46.9 Å². The molecular weight excluding hydrogens is 277 g/mol. The van der Waals surface area contributed by atoms with Gasteiger partial charge in [-0.3, -0.25) is 9.78 Å². The highest BCUT2D eigenvalue weighted by molar-refractivity contribution is 6.03. The van der Waals surface area contributed by atoms with Crippen LogP contribution in [0.4, 0.5) is 4.39 Å². The van der Waals surface area contributed by atoms with Gasteiger partial charge in [-0.1, -0.05) is 30.3 Å². The highest BCUT2D eigenvalue weighted by atomic mass is 19.1. The molecule has 2 nitrogen and oxygen atoms in total. The Morgan fingerprint density at radius 3 is 2.64 bits per heavy atom. The first kappa shape index (κ1) is 13.1. The van der Waals surface area contributed by atoms with E-state index < -0.39 is 0 Å². The minimum absolute atomic E-state index is 0.303. The molecule has 0 spiro atoms. The van der Waals surface area contributed by atoms with E-state index in [1.807, 2.05) is 30.3 Å². The predicted octanol–water partition coefficient (Wildman–Crippen LogP) is 4.73. The second-order valence-corrected chi connectivity index (χ2v) is 5.71. The number of benzene rings is 2. The Kier molecular flexibility index (Phi) is 3.00. The summed E-state index contributed by atoms with van der Waals surface area (Å²) < 4.78 is 13.7. The number of aromatic nitrogens is 1. The Bertz CT molecular complexity index is 884. The zero-order valence-corrected chi connectivity index (χ0v) is 11.9. The van der Waals surface area contributed by atoms with Gasteiger partial charge in [-0.2, -0.15) is 0 Å². The van der Waals surface area contributed by atoms with Crippen LogP contribution in [-0.2, 0) is 0 Å². The van der Waals surface area contributed by atoms with E-state index in [4.69, 9.17) is 4.98 Å². The summed E-state index contributed by atoms with van der Waals surface area (Å²) in [6.45, 7) is 0. The lowest BCUT2D eigenvalue weighted by molar-refractivity contribution is 0.112. The molecule has 0 amide bonds. The van der Waals surface area contributed by atoms with Crippen LogP contribution in [0.25, 0.3) is 22.0 Å². The van der Waals surface area contributed by atoms with Crippen molar-refractivity contribution < 1.29 is 9.18 Å². The van der Waals surface area contributed by atoms with Gasteiger partial charge in [-0.15, -0.1) is 0 Å². The van der Waals surface area contributed by atoms with Crippen molar-refractivity contribution in [3.05, 3.63) is 65.6 Å². The summed E-state index contributed by atoms with van der Waals surface area (Å²) in [5.74, 6) is 0.0559. The maximum Gasteiger partial charge on any atom is 0.152 e. The quantitative estimate of drug-likeness (QED) is 0.653. The highest BCUT2D eigenvalue weighted by Crippen LogP contribution is 2.44. The Hall–Kier alpha value is -2.55. The number of nitrogens with zero attached hydrogens (tertiary/aromatic N) is 1. The van der Waals surface area contributed by atoms with Gasteiger partial charge >= 0.3 is 0 Å². The molecule has 22 heavy (non-hydrogen) atoms. The third-order valence-corrected chi connectivity index (χ3v) is 4.15. The van der Waals surface area contributed by atoms with E-state index in [1.165, 1.54) is 12.1 Å². The van der Waals surface area contributed by atoms with E-state index in [-0.39, 0.29) is 5.82 Å². The zero-order valence-electron chi connectivity index (χ0n) is 11.9. The fourth-order valence-electron chi connectivity index (χ4n) is 2.99. The van der Waals surface area contributed by atoms with Crippen LogP contribution < -0.4 is 0 Å². The number of carbonyl (C=O) groups excluding carboxylic acids is 1. The Balaban J connectivity index is 2.11. The number of pyridine rings is 1. The van der Waals surface area contributed by atoms with Crippen molar-refractivity contribution in [3.8, 4) is 11.1 Å². The third kappa shape index (κ3) is 2.10. The number of hydrogen-bond acceptors (Lipinski definition) is 2. The van der Waals surface area contributed by atoms with Crippen molar-refractivity contribution in [2.75, 3.05) is 0 Å². The molecule has 0 unspecified atom stereocenters. The fourth-order valence-corrected chi connectivity index (χ4v) is 2.99. The van der Waals surface area contributed by atoms with Gasteiger partial charge in [0.15, 0.2) is 6.29 Å². The van der Waals surface area contributed by atoms with Gasteiger partial charge in [-0.25, -0.2) is 4.39 Å². The lowest BCUT2D eigenvalue weighted by Crippen LogP contribution is -2.00. The molecule has 0 radical (unpaired) electrons. The van der Waals surface area contributed by atoms with Crippen LogP contribution in [0.15, 0.2) is 48.5 Å². The minimum atomic E-state index is -0.303. The summed E-state index contributed by atoms with van der Waals surface area (Å²) in [6, 6.07) is 14.1. The standard InChI is InChI=1S/C19H14FNO/c20-14-5-3-4-13(10-14)18-15-6-1-2-7-17(15)21-19(12-8-9-12)16(18)11-22/h1-7,10-12H,8-9H2. The number of para-hydroxylation sites is 1. The predicted molar refractivity (Wildman–Crippen MR) is 84.5 cm³/mol. The molecule has 3 heteroatoms. The van der Waals surface area contributed by atoms with E-state index in [1.54, 1.807) is 6.07 Å². The summed E-state index contributed by atoms with van der Waals surface area (Å²) in [6.07, 6.45) is 3.00. The van der Waals surface area contributed by atoms with Crippen molar-refractivity contribution >= 4 is 17.2 Å². The second-order valence-electron chi connectivity index (χ2n) is 5.71. The van der Waals surface area contributed by atoms with Crippen LogP contribution in [0.3, 0.4) is 0 Å². The molecule has 1 aliphatic rings. The lowest BCUT2D eigenvalue weighted by atomic mass is 9.93. The van der Waals surface area contributed by atoms with Gasteiger partial charge in [0.05, 0.1) is 11.2 Å². The number of aldehydes is 1. The Morgan fingerprint density at radius 2 is 1.91 bits per heavy atom. The molecule has 3 aromatic rings. The average Bonchev–Trinajstić information content (AvgIpc) is 3.37. The van der Waals surface area contributed by atoms with E-state index in [2.05, 4.69) is 0 Å². The molecule has 1 fully saturated rings. The summed E-state index contributed by atoms with van der Waals surface area (Å²) in [7, 11) is 0. The third-order valence-electron chi connectivity index (χ3n) is 4.15. The molecule has 0 saturated heterocycles. The van der Waals surface area contributed by atoms with Gasteiger partial charge < -0.3 is 0 Å². The molecule has 1 aromatic heterocycles. The first-order valence-electron chi connectivity index (χ1n) is 7.41. The van der Waals surface area contributed by atoms with Crippen LogP contribution >= 0.6 is 0 Å². The highest BCUT2D eigenvalue weighted by Gasteiger charge is 2.30. The second kappa shape index (κ2) is 5.02. The fraction of sp³-hybridized carbons (Fsp3) is 0.158. The molecule has 0 bridgehead atoms.